The molecule has 98 valence electrons. The van der Waals surface area contributed by atoms with E-state index in [0.29, 0.717) is 6.41 Å². The predicted octanol–water partition coefficient (Wildman–Crippen LogP) is 1.25. The topological polar surface area (TPSA) is 46.6 Å². The van der Waals surface area contributed by atoms with Gasteiger partial charge in [0.05, 0.1) is 7.11 Å². The zero-order valence-electron chi connectivity index (χ0n) is 10.4. The van der Waals surface area contributed by atoms with Gasteiger partial charge in [-0.3, -0.25) is 4.79 Å². The van der Waals surface area contributed by atoms with Gasteiger partial charge in [0.25, 0.3) is 0 Å². The summed E-state index contributed by atoms with van der Waals surface area (Å²) in [5.41, 5.74) is 0. The van der Waals surface area contributed by atoms with E-state index < -0.39 is 6.04 Å². The molecule has 4 nitrogen and oxygen atoms in total. The largest absolute Gasteiger partial charge is 0.467 e. The van der Waals surface area contributed by atoms with Gasteiger partial charge in [-0.15, -0.1) is 18.5 Å². The first-order valence-corrected chi connectivity index (χ1v) is 6.89. The molecule has 0 aliphatic heterocycles. The molecule has 0 aromatic heterocycles. The van der Waals surface area contributed by atoms with Gasteiger partial charge in [-0.05, 0) is 36.5 Å². The Balaban J connectivity index is 2.72. The minimum absolute atomic E-state index is 0.191. The molecule has 1 saturated carbocycles. The van der Waals surface area contributed by atoms with Crippen molar-refractivity contribution in [3.63, 3.8) is 0 Å². The fourth-order valence-electron chi connectivity index (χ4n) is 2.37. The van der Waals surface area contributed by atoms with Crippen LogP contribution in [0.2, 0.25) is 0 Å². The van der Waals surface area contributed by atoms with Crippen molar-refractivity contribution in [2.45, 2.75) is 36.6 Å². The summed E-state index contributed by atoms with van der Waals surface area (Å²) in [6, 6.07) is -0.441. The standard InChI is InChI=1S/C11H21NO3P2/c1-12(7-13)9(10(14)15-2)8-3-5-11(16,17)6-4-8/h7-9H,3-6,16-17H2,1-2H3. The lowest BCUT2D eigenvalue weighted by atomic mass is 9.82. The minimum Gasteiger partial charge on any atom is -0.467 e. The Hall–Kier alpha value is -0.200. The van der Waals surface area contributed by atoms with Crippen molar-refractivity contribution in [1.29, 1.82) is 0 Å². The van der Waals surface area contributed by atoms with Crippen molar-refractivity contribution in [2.75, 3.05) is 14.2 Å². The Labute approximate surface area is 107 Å². The number of hydrogen-bond acceptors (Lipinski definition) is 3. The number of esters is 1. The van der Waals surface area contributed by atoms with Crippen molar-refractivity contribution in [3.05, 3.63) is 0 Å². The number of methoxy groups -OCH3 is 1. The van der Waals surface area contributed by atoms with E-state index in [4.69, 9.17) is 4.74 Å². The van der Waals surface area contributed by atoms with E-state index in [2.05, 4.69) is 18.5 Å². The lowest BCUT2D eigenvalue weighted by Gasteiger charge is -2.38. The van der Waals surface area contributed by atoms with Crippen LogP contribution in [0.5, 0.6) is 0 Å². The van der Waals surface area contributed by atoms with Crippen LogP contribution in [0.4, 0.5) is 0 Å². The van der Waals surface area contributed by atoms with E-state index in [9.17, 15) is 9.59 Å². The second kappa shape index (κ2) is 6.11. The third-order valence-electron chi connectivity index (χ3n) is 3.46. The Morgan fingerprint density at radius 3 is 2.41 bits per heavy atom. The second-order valence-corrected chi connectivity index (χ2v) is 7.78. The number of rotatable bonds is 4. The number of carbonyl (C=O) groups is 2. The molecule has 17 heavy (non-hydrogen) atoms. The summed E-state index contributed by atoms with van der Waals surface area (Å²) in [6.07, 6.45) is 4.61. The molecule has 1 rings (SSSR count). The molecule has 1 aliphatic carbocycles. The zero-order chi connectivity index (χ0) is 13.1. The maximum absolute atomic E-state index is 11.7. The predicted molar refractivity (Wildman–Crippen MR) is 73.7 cm³/mol. The Bertz CT molecular complexity index is 286. The summed E-state index contributed by atoms with van der Waals surface area (Å²) in [6.45, 7) is 0. The molecule has 0 radical (unpaired) electrons. The molecule has 1 amide bonds. The summed E-state index contributed by atoms with van der Waals surface area (Å²) in [5, 5.41) is 0. The van der Waals surface area contributed by atoms with Crippen LogP contribution in [0.1, 0.15) is 25.7 Å². The summed E-state index contributed by atoms with van der Waals surface area (Å²) in [5.74, 6) is -0.114. The molecule has 0 bridgehead atoms. The maximum Gasteiger partial charge on any atom is 0.328 e. The molecule has 0 saturated heterocycles. The van der Waals surface area contributed by atoms with Gasteiger partial charge in [-0.2, -0.15) is 0 Å². The second-order valence-electron chi connectivity index (χ2n) is 4.81. The third kappa shape index (κ3) is 3.89. The van der Waals surface area contributed by atoms with Gasteiger partial charge in [-0.25, -0.2) is 4.79 Å². The van der Waals surface area contributed by atoms with Gasteiger partial charge in [0.15, 0.2) is 0 Å². The number of likely N-dealkylation sites (N-methyl/N-ethyl adjacent to an activating group) is 1. The van der Waals surface area contributed by atoms with Crippen molar-refractivity contribution in [3.8, 4) is 0 Å². The molecule has 1 aliphatic rings. The highest BCUT2D eigenvalue weighted by molar-refractivity contribution is 7.39. The van der Waals surface area contributed by atoms with E-state index in [1.165, 1.54) is 12.0 Å². The smallest absolute Gasteiger partial charge is 0.328 e. The molecule has 0 aromatic rings. The van der Waals surface area contributed by atoms with Crippen LogP contribution < -0.4 is 0 Å². The molecule has 3 atom stereocenters. The molecule has 1 fully saturated rings. The SMILES string of the molecule is COC(=O)C(C1CCC(P)(P)CC1)N(C)C=O. The molecule has 0 aromatic carbocycles. The van der Waals surface area contributed by atoms with Crippen LogP contribution in [0.15, 0.2) is 0 Å². The fraction of sp³-hybridized carbons (Fsp3) is 0.818. The lowest BCUT2D eigenvalue weighted by Crippen LogP contribution is -2.46. The summed E-state index contributed by atoms with van der Waals surface area (Å²) in [7, 11) is 8.70. The average Bonchev–Trinajstić information content (AvgIpc) is 2.30. The Kier molecular flexibility index (Phi) is 5.34. The average molecular weight is 277 g/mol. The molecular formula is C11H21NO3P2. The highest BCUT2D eigenvalue weighted by Crippen LogP contribution is 2.44. The van der Waals surface area contributed by atoms with Crippen molar-refractivity contribution >= 4 is 30.9 Å². The normalized spacial score (nSPS) is 21.6. The monoisotopic (exact) mass is 277 g/mol. The lowest BCUT2D eigenvalue weighted by molar-refractivity contribution is -0.151. The molecule has 6 heteroatoms. The minimum atomic E-state index is -0.441. The van der Waals surface area contributed by atoms with Crippen LogP contribution >= 0.6 is 18.5 Å². The number of carbonyl (C=O) groups excluding carboxylic acids is 2. The number of hydrogen-bond donors (Lipinski definition) is 0. The van der Waals surface area contributed by atoms with Crippen molar-refractivity contribution in [1.82, 2.24) is 4.90 Å². The first kappa shape index (κ1) is 14.9. The van der Waals surface area contributed by atoms with E-state index in [1.54, 1.807) is 7.05 Å². The van der Waals surface area contributed by atoms with E-state index in [0.717, 1.165) is 25.7 Å². The van der Waals surface area contributed by atoms with Crippen LogP contribution in [-0.4, -0.2) is 42.4 Å². The van der Waals surface area contributed by atoms with Crippen LogP contribution in [0.3, 0.4) is 0 Å². The van der Waals surface area contributed by atoms with Gasteiger partial charge in [-0.1, -0.05) is 0 Å². The fourth-order valence-corrected chi connectivity index (χ4v) is 3.04. The van der Waals surface area contributed by atoms with Gasteiger partial charge >= 0.3 is 5.97 Å². The highest BCUT2D eigenvalue weighted by atomic mass is 31.1. The summed E-state index contributed by atoms with van der Waals surface area (Å²) < 4.78 is 4.79. The van der Waals surface area contributed by atoms with Crippen molar-refractivity contribution in [2.24, 2.45) is 5.92 Å². The first-order valence-electron chi connectivity index (χ1n) is 5.74. The van der Waals surface area contributed by atoms with Gasteiger partial charge < -0.3 is 9.64 Å². The van der Waals surface area contributed by atoms with E-state index >= 15 is 0 Å². The zero-order valence-corrected chi connectivity index (χ0v) is 12.7. The van der Waals surface area contributed by atoms with Crippen LogP contribution in [-0.2, 0) is 14.3 Å². The molecule has 0 heterocycles. The van der Waals surface area contributed by atoms with Crippen molar-refractivity contribution < 1.29 is 14.3 Å². The van der Waals surface area contributed by atoms with E-state index in [-0.39, 0.29) is 16.8 Å². The number of ether oxygens (including phenoxy) is 1. The molecule has 0 spiro atoms. The first-order chi connectivity index (χ1) is 7.91. The summed E-state index contributed by atoms with van der Waals surface area (Å²) in [4.78, 5) is 24.2. The van der Waals surface area contributed by atoms with E-state index in [1.807, 2.05) is 0 Å². The molecule has 0 N–H and O–H groups in total. The molecular weight excluding hydrogens is 256 g/mol. The highest BCUT2D eigenvalue weighted by Gasteiger charge is 2.37. The quantitative estimate of drug-likeness (QED) is 0.441. The van der Waals surface area contributed by atoms with Crippen LogP contribution in [0.25, 0.3) is 0 Å². The third-order valence-corrected chi connectivity index (χ3v) is 4.61. The number of nitrogens with zero attached hydrogens (tertiary/aromatic N) is 1. The Morgan fingerprint density at radius 1 is 1.47 bits per heavy atom. The number of amides is 1. The van der Waals surface area contributed by atoms with Gasteiger partial charge in [0.1, 0.15) is 6.04 Å². The van der Waals surface area contributed by atoms with Gasteiger partial charge in [0, 0.05) is 7.05 Å². The summed E-state index contributed by atoms with van der Waals surface area (Å²) >= 11 is 0. The van der Waals surface area contributed by atoms with Crippen LogP contribution in [0, 0.1) is 5.92 Å². The van der Waals surface area contributed by atoms with Gasteiger partial charge in [0.2, 0.25) is 6.41 Å². The Morgan fingerprint density at radius 2 is 2.00 bits per heavy atom. The molecule has 3 unspecified atom stereocenters. The maximum atomic E-state index is 11.7.